The summed E-state index contributed by atoms with van der Waals surface area (Å²) in [7, 11) is 0. The third kappa shape index (κ3) is 4.25. The molecule has 0 radical (unpaired) electrons. The van der Waals surface area contributed by atoms with Crippen LogP contribution in [0, 0.1) is 0 Å². The minimum Gasteiger partial charge on any atom is -0.309 e. The molecule has 4 heterocycles. The largest absolute Gasteiger partial charge is 0.309 e. The topological polar surface area (TPSA) is 35.6 Å². The van der Waals surface area contributed by atoms with Crippen molar-refractivity contribution in [3.05, 3.63) is 170 Å². The van der Waals surface area contributed by atoms with E-state index in [0.29, 0.717) is 0 Å². The van der Waals surface area contributed by atoms with Crippen molar-refractivity contribution in [2.45, 2.75) is 0 Å². The van der Waals surface area contributed by atoms with E-state index in [9.17, 15) is 0 Å². The SMILES string of the molecule is c1ccc(-c2nc(-c3ccc(-n4c5ccccc5c5cc6c7ccccc7n(-c7ccccc7)c6cc54)cc3)nc3sc4ccccc4c23)cc1. The molecule has 0 atom stereocenters. The molecule has 4 aromatic heterocycles. The van der Waals surface area contributed by atoms with Gasteiger partial charge in [-0.05, 0) is 66.7 Å². The lowest BCUT2D eigenvalue weighted by Crippen LogP contribution is -1.97. The fourth-order valence-corrected chi connectivity index (χ4v) is 8.96. The summed E-state index contributed by atoms with van der Waals surface area (Å²) in [5.74, 6) is 0.732. The van der Waals surface area contributed by atoms with Crippen LogP contribution >= 0.6 is 11.3 Å². The van der Waals surface area contributed by atoms with Gasteiger partial charge in [0.15, 0.2) is 5.82 Å². The minimum atomic E-state index is 0.732. The highest BCUT2D eigenvalue weighted by molar-refractivity contribution is 7.25. The molecule has 11 rings (SSSR count). The zero-order valence-corrected chi connectivity index (χ0v) is 28.2. The Morgan fingerprint density at radius 2 is 0.941 bits per heavy atom. The Balaban J connectivity index is 1.12. The summed E-state index contributed by atoms with van der Waals surface area (Å²) in [6.07, 6.45) is 0. The Morgan fingerprint density at radius 1 is 0.392 bits per heavy atom. The highest BCUT2D eigenvalue weighted by Gasteiger charge is 2.20. The first-order valence-electron chi connectivity index (χ1n) is 17.2. The fourth-order valence-electron chi connectivity index (χ4n) is 7.88. The van der Waals surface area contributed by atoms with E-state index in [0.717, 1.165) is 44.2 Å². The lowest BCUT2D eigenvalue weighted by Gasteiger charge is -2.11. The molecule has 0 aliphatic carbocycles. The van der Waals surface area contributed by atoms with Crippen molar-refractivity contribution in [1.29, 1.82) is 0 Å². The van der Waals surface area contributed by atoms with Crippen molar-refractivity contribution in [2.24, 2.45) is 0 Å². The lowest BCUT2D eigenvalue weighted by molar-refractivity contribution is 1.16. The van der Waals surface area contributed by atoms with E-state index in [4.69, 9.17) is 9.97 Å². The van der Waals surface area contributed by atoms with Crippen molar-refractivity contribution in [1.82, 2.24) is 19.1 Å². The number of benzene rings is 7. The van der Waals surface area contributed by atoms with Crippen LogP contribution in [0.4, 0.5) is 0 Å². The van der Waals surface area contributed by atoms with Gasteiger partial charge in [-0.25, -0.2) is 9.97 Å². The van der Waals surface area contributed by atoms with Crippen LogP contribution in [0.3, 0.4) is 0 Å². The van der Waals surface area contributed by atoms with Gasteiger partial charge in [0.1, 0.15) is 4.83 Å². The van der Waals surface area contributed by atoms with E-state index >= 15 is 0 Å². The molecular formula is C46H28N4S. The van der Waals surface area contributed by atoms with Crippen LogP contribution in [-0.4, -0.2) is 19.1 Å². The average molecular weight is 669 g/mol. The predicted octanol–water partition coefficient (Wildman–Crippen LogP) is 12.4. The minimum absolute atomic E-state index is 0.732. The number of rotatable bonds is 4. The van der Waals surface area contributed by atoms with Gasteiger partial charge in [0, 0.05) is 59.5 Å². The first-order valence-corrected chi connectivity index (χ1v) is 18.0. The number of nitrogens with zero attached hydrogens (tertiary/aromatic N) is 4. The fraction of sp³-hybridized carbons (Fsp3) is 0. The summed E-state index contributed by atoms with van der Waals surface area (Å²) in [5.41, 5.74) is 10.0. The Kier molecular flexibility index (Phi) is 6.09. The van der Waals surface area contributed by atoms with Crippen LogP contribution < -0.4 is 0 Å². The zero-order valence-electron chi connectivity index (χ0n) is 27.4. The first kappa shape index (κ1) is 28.3. The zero-order chi connectivity index (χ0) is 33.5. The number of fused-ring (bicyclic) bond motifs is 9. The van der Waals surface area contributed by atoms with Gasteiger partial charge >= 0.3 is 0 Å². The highest BCUT2D eigenvalue weighted by atomic mass is 32.1. The molecule has 0 N–H and O–H groups in total. The third-order valence-corrected chi connectivity index (χ3v) is 11.2. The third-order valence-electron chi connectivity index (χ3n) is 10.2. The van der Waals surface area contributed by atoms with Gasteiger partial charge in [-0.1, -0.05) is 103 Å². The molecule has 11 aromatic rings. The summed E-state index contributed by atoms with van der Waals surface area (Å²) < 4.78 is 6.01. The van der Waals surface area contributed by atoms with Crippen LogP contribution in [0.1, 0.15) is 0 Å². The van der Waals surface area contributed by atoms with E-state index in [1.54, 1.807) is 11.3 Å². The van der Waals surface area contributed by atoms with Gasteiger partial charge in [0.25, 0.3) is 0 Å². The molecule has 0 amide bonds. The van der Waals surface area contributed by atoms with Gasteiger partial charge < -0.3 is 9.13 Å². The summed E-state index contributed by atoms with van der Waals surface area (Å²) in [6.45, 7) is 0. The number of para-hydroxylation sites is 3. The number of thiophene rings is 1. The summed E-state index contributed by atoms with van der Waals surface area (Å²) in [4.78, 5) is 11.4. The standard InChI is InChI=1S/C46H28N4S/c1-3-13-29(14-4-1)44-43-35-19-9-12-22-42(35)51-46(43)48-45(47-44)30-23-25-32(26-24-30)50-39-21-11-8-18-34(39)37-27-36-33-17-7-10-20-38(33)49(40(36)28-41(37)50)31-15-5-2-6-16-31/h1-28H. The first-order chi connectivity index (χ1) is 25.3. The maximum Gasteiger partial charge on any atom is 0.161 e. The summed E-state index contributed by atoms with van der Waals surface area (Å²) in [5, 5.41) is 7.30. The van der Waals surface area contributed by atoms with Crippen LogP contribution in [0.15, 0.2) is 170 Å². The maximum absolute atomic E-state index is 5.24. The number of hydrogen-bond acceptors (Lipinski definition) is 3. The molecular weight excluding hydrogens is 641 g/mol. The van der Waals surface area contributed by atoms with E-state index in [1.807, 2.05) is 6.07 Å². The van der Waals surface area contributed by atoms with Gasteiger partial charge in [0.2, 0.25) is 0 Å². The van der Waals surface area contributed by atoms with E-state index in [1.165, 1.54) is 53.7 Å². The second kappa shape index (κ2) is 11.0. The Hall–Kier alpha value is -6.56. The van der Waals surface area contributed by atoms with Crippen LogP contribution in [-0.2, 0) is 0 Å². The second-order valence-corrected chi connectivity index (χ2v) is 14.0. The predicted molar refractivity (Wildman–Crippen MR) is 214 cm³/mol. The molecule has 0 saturated carbocycles. The molecule has 7 aromatic carbocycles. The van der Waals surface area contributed by atoms with Crippen molar-refractivity contribution in [3.63, 3.8) is 0 Å². The monoisotopic (exact) mass is 668 g/mol. The molecule has 51 heavy (non-hydrogen) atoms. The lowest BCUT2D eigenvalue weighted by atomic mass is 10.1. The van der Waals surface area contributed by atoms with Gasteiger partial charge in [-0.2, -0.15) is 0 Å². The normalized spacial score (nSPS) is 11.9. The smallest absolute Gasteiger partial charge is 0.161 e. The van der Waals surface area contributed by atoms with Crippen LogP contribution in [0.2, 0.25) is 0 Å². The second-order valence-electron chi connectivity index (χ2n) is 13.0. The van der Waals surface area contributed by atoms with Gasteiger partial charge in [0.05, 0.1) is 27.8 Å². The average Bonchev–Trinajstić information content (AvgIpc) is 3.85. The van der Waals surface area contributed by atoms with Crippen LogP contribution in [0.25, 0.3) is 97.9 Å². The van der Waals surface area contributed by atoms with Crippen molar-refractivity contribution in [2.75, 3.05) is 0 Å². The Bertz CT molecular complexity index is 3120. The summed E-state index contributed by atoms with van der Waals surface area (Å²) in [6, 6.07) is 60.6. The van der Waals surface area contributed by atoms with Gasteiger partial charge in [-0.3, -0.25) is 0 Å². The van der Waals surface area contributed by atoms with Crippen molar-refractivity contribution >= 4 is 75.3 Å². The number of aromatic nitrogens is 4. The quantitative estimate of drug-likeness (QED) is 0.187. The molecule has 0 fully saturated rings. The molecule has 0 aliphatic rings. The van der Waals surface area contributed by atoms with Crippen molar-refractivity contribution in [3.8, 4) is 34.0 Å². The van der Waals surface area contributed by atoms with E-state index in [2.05, 4.69) is 173 Å². The molecule has 238 valence electrons. The Labute approximate surface area is 297 Å². The number of hydrogen-bond donors (Lipinski definition) is 0. The van der Waals surface area contributed by atoms with Gasteiger partial charge in [-0.15, -0.1) is 11.3 Å². The maximum atomic E-state index is 5.24. The Morgan fingerprint density at radius 3 is 1.61 bits per heavy atom. The summed E-state index contributed by atoms with van der Waals surface area (Å²) >= 11 is 1.73. The molecule has 0 aliphatic heterocycles. The van der Waals surface area contributed by atoms with E-state index < -0.39 is 0 Å². The van der Waals surface area contributed by atoms with E-state index in [-0.39, 0.29) is 0 Å². The molecule has 0 unspecified atom stereocenters. The molecule has 4 nitrogen and oxygen atoms in total. The molecule has 0 spiro atoms. The molecule has 5 heteroatoms. The van der Waals surface area contributed by atoms with Crippen LogP contribution in [0.5, 0.6) is 0 Å². The molecule has 0 saturated heterocycles. The highest BCUT2D eigenvalue weighted by Crippen LogP contribution is 2.41. The molecule has 0 bridgehead atoms. The van der Waals surface area contributed by atoms with Crippen molar-refractivity contribution < 1.29 is 0 Å².